The Bertz CT molecular complexity index is 1350. The zero-order valence-corrected chi connectivity index (χ0v) is 21.7. The highest BCUT2D eigenvalue weighted by molar-refractivity contribution is 7.92. The van der Waals surface area contributed by atoms with E-state index in [-0.39, 0.29) is 11.7 Å². The van der Waals surface area contributed by atoms with Crippen LogP contribution >= 0.6 is 0 Å². The minimum atomic E-state index is -3.46. The molecule has 36 heavy (non-hydrogen) atoms. The molecule has 0 saturated carbocycles. The molecule has 0 aliphatic carbocycles. The predicted molar refractivity (Wildman–Crippen MR) is 147 cm³/mol. The van der Waals surface area contributed by atoms with E-state index < -0.39 is 15.9 Å². The number of anilines is 2. The minimum absolute atomic E-state index is 0.0337. The fraction of sp³-hybridized carbons (Fsp3) is 0.286. The third-order valence-electron chi connectivity index (χ3n) is 6.01. The highest BCUT2D eigenvalue weighted by atomic mass is 32.2. The van der Waals surface area contributed by atoms with Crippen LogP contribution in [0.5, 0.6) is 0 Å². The number of nitrogens with one attached hydrogen (secondary N) is 2. The van der Waals surface area contributed by atoms with E-state index in [1.807, 2.05) is 49.4 Å². The van der Waals surface area contributed by atoms with E-state index >= 15 is 0 Å². The Morgan fingerprint density at radius 2 is 1.75 bits per heavy atom. The monoisotopic (exact) mass is 504 g/mol. The maximum absolute atomic E-state index is 13.2. The summed E-state index contributed by atoms with van der Waals surface area (Å²) in [6.45, 7) is 2.78. The van der Waals surface area contributed by atoms with E-state index in [1.165, 1.54) is 5.56 Å². The summed E-state index contributed by atoms with van der Waals surface area (Å²) in [5, 5.41) is 2.93. The van der Waals surface area contributed by atoms with Crippen LogP contribution < -0.4 is 10.0 Å². The summed E-state index contributed by atoms with van der Waals surface area (Å²) >= 11 is 0. The normalized spacial score (nSPS) is 15.6. The summed E-state index contributed by atoms with van der Waals surface area (Å²) in [4.78, 5) is 20.3. The molecule has 1 atom stereocenters. The Morgan fingerprint density at radius 3 is 2.42 bits per heavy atom. The first-order valence-electron chi connectivity index (χ1n) is 12.1. The molecule has 1 aliphatic heterocycles. The molecule has 0 saturated heterocycles. The molecule has 0 spiro atoms. The van der Waals surface area contributed by atoms with E-state index in [4.69, 9.17) is 4.99 Å². The summed E-state index contributed by atoms with van der Waals surface area (Å²) in [7, 11) is 0.645. The third kappa shape index (κ3) is 6.19. The van der Waals surface area contributed by atoms with Crippen molar-refractivity contribution in [3.05, 3.63) is 89.5 Å². The van der Waals surface area contributed by atoms with Crippen LogP contribution in [-0.2, 0) is 21.2 Å². The molecule has 3 aromatic rings. The summed E-state index contributed by atoms with van der Waals surface area (Å²) in [5.74, 6) is -0.832. The number of amides is 1. The van der Waals surface area contributed by atoms with Crippen LogP contribution in [0.2, 0.25) is 0 Å². The van der Waals surface area contributed by atoms with Gasteiger partial charge in [0, 0.05) is 17.9 Å². The maximum Gasteiger partial charge on any atom is 0.238 e. The predicted octanol–water partition coefficient (Wildman–Crippen LogP) is 4.80. The first-order chi connectivity index (χ1) is 17.3. The van der Waals surface area contributed by atoms with Crippen LogP contribution in [0.25, 0.3) is 0 Å². The quantitative estimate of drug-likeness (QED) is 0.388. The zero-order valence-electron chi connectivity index (χ0n) is 20.9. The van der Waals surface area contributed by atoms with Gasteiger partial charge in [0.15, 0.2) is 0 Å². The first kappa shape index (κ1) is 25.6. The van der Waals surface area contributed by atoms with Crippen LogP contribution in [0.1, 0.15) is 36.0 Å². The number of carbonyl (C=O) groups excluding carboxylic acids is 1. The lowest BCUT2D eigenvalue weighted by molar-refractivity contribution is -0.115. The number of likely N-dealkylation sites (N-methyl/N-ethyl adjacent to an activating group) is 1. The van der Waals surface area contributed by atoms with Gasteiger partial charge in [-0.25, -0.2) is 8.42 Å². The topological polar surface area (TPSA) is 90.9 Å². The van der Waals surface area contributed by atoms with Crippen LogP contribution in [0.3, 0.4) is 0 Å². The summed E-state index contributed by atoms with van der Waals surface area (Å²) in [6.07, 6.45) is 1.46. The third-order valence-corrected chi connectivity index (χ3v) is 7.50. The molecule has 3 aromatic carbocycles. The number of nitrogens with zero attached hydrogens (tertiary/aromatic N) is 2. The van der Waals surface area contributed by atoms with Crippen molar-refractivity contribution in [3.8, 4) is 0 Å². The zero-order chi connectivity index (χ0) is 25.7. The van der Waals surface area contributed by atoms with Gasteiger partial charge in [-0.3, -0.25) is 14.5 Å². The Balaban J connectivity index is 1.72. The van der Waals surface area contributed by atoms with Crippen LogP contribution in [0.15, 0.2) is 77.8 Å². The Hall–Kier alpha value is -3.49. The van der Waals surface area contributed by atoms with Gasteiger partial charge in [-0.05, 0) is 74.0 Å². The Morgan fingerprint density at radius 1 is 1.03 bits per heavy atom. The van der Waals surface area contributed by atoms with Crippen molar-refractivity contribution in [1.82, 2.24) is 4.90 Å². The number of carbonyl (C=O) groups is 1. The highest BCUT2D eigenvalue weighted by Gasteiger charge is 2.35. The number of benzene rings is 3. The molecule has 0 bridgehead atoms. The van der Waals surface area contributed by atoms with Crippen LogP contribution in [0.4, 0.5) is 17.1 Å². The second-order valence-electron chi connectivity index (χ2n) is 9.23. The minimum Gasteiger partial charge on any atom is -0.325 e. The van der Waals surface area contributed by atoms with Crippen molar-refractivity contribution in [2.45, 2.75) is 25.7 Å². The number of aliphatic imine (C=N–C) groups is 1. The SMILES string of the molecule is CCCS(=O)(=O)Nc1ccc2c(c1)C(C(=Nc1ccc(CCN(C)C)cc1)c1ccccc1)C(=O)N2. The van der Waals surface area contributed by atoms with E-state index in [0.29, 0.717) is 29.1 Å². The standard InChI is InChI=1S/C28H32N4O3S/c1-4-18-36(34,35)31-23-14-15-25-24(19-23)26(28(33)30-25)27(21-8-6-5-7-9-21)29-22-12-10-20(11-13-22)16-17-32(2)3/h5-15,19,26,31H,4,16-18H2,1-3H3,(H,30,33). The van der Waals surface area contributed by atoms with Gasteiger partial charge >= 0.3 is 0 Å². The van der Waals surface area contributed by atoms with Gasteiger partial charge in [-0.15, -0.1) is 0 Å². The average Bonchev–Trinajstić information content (AvgIpc) is 3.17. The summed E-state index contributed by atoms with van der Waals surface area (Å²) < 4.78 is 27.3. The molecule has 7 nitrogen and oxygen atoms in total. The van der Waals surface area contributed by atoms with Gasteiger partial charge in [0.25, 0.3) is 0 Å². The van der Waals surface area contributed by atoms with Crippen molar-refractivity contribution in [2.24, 2.45) is 4.99 Å². The van der Waals surface area contributed by atoms with Gasteiger partial charge in [0.05, 0.1) is 17.2 Å². The van der Waals surface area contributed by atoms with Gasteiger partial charge in [0.2, 0.25) is 15.9 Å². The van der Waals surface area contributed by atoms with Gasteiger partial charge < -0.3 is 10.2 Å². The van der Waals surface area contributed by atoms with E-state index in [1.54, 1.807) is 18.2 Å². The van der Waals surface area contributed by atoms with Crippen molar-refractivity contribution in [1.29, 1.82) is 0 Å². The molecule has 2 N–H and O–H groups in total. The molecule has 1 amide bonds. The van der Waals surface area contributed by atoms with Crippen molar-refractivity contribution >= 4 is 38.7 Å². The fourth-order valence-electron chi connectivity index (χ4n) is 4.23. The van der Waals surface area contributed by atoms with E-state index in [0.717, 1.165) is 24.2 Å². The molecule has 0 fully saturated rings. The lowest BCUT2D eigenvalue weighted by Gasteiger charge is -2.15. The highest BCUT2D eigenvalue weighted by Crippen LogP contribution is 2.38. The lowest BCUT2D eigenvalue weighted by Crippen LogP contribution is -2.22. The number of sulfonamides is 1. The molecular formula is C28H32N4O3S. The van der Waals surface area contributed by atoms with Crippen molar-refractivity contribution < 1.29 is 13.2 Å². The van der Waals surface area contributed by atoms with Gasteiger partial charge in [-0.2, -0.15) is 0 Å². The van der Waals surface area contributed by atoms with Gasteiger partial charge in [-0.1, -0.05) is 49.4 Å². The van der Waals surface area contributed by atoms with E-state index in [2.05, 4.69) is 41.2 Å². The number of hydrogen-bond acceptors (Lipinski definition) is 5. The Kier molecular flexibility index (Phi) is 7.86. The molecular weight excluding hydrogens is 472 g/mol. The largest absolute Gasteiger partial charge is 0.325 e. The smallest absolute Gasteiger partial charge is 0.238 e. The van der Waals surface area contributed by atoms with Crippen LogP contribution in [-0.4, -0.2) is 51.3 Å². The van der Waals surface area contributed by atoms with E-state index in [9.17, 15) is 13.2 Å². The second-order valence-corrected chi connectivity index (χ2v) is 11.1. The molecule has 1 heterocycles. The fourth-order valence-corrected chi connectivity index (χ4v) is 5.36. The van der Waals surface area contributed by atoms with Crippen LogP contribution in [0, 0.1) is 0 Å². The lowest BCUT2D eigenvalue weighted by atomic mass is 9.90. The molecule has 8 heteroatoms. The van der Waals surface area contributed by atoms with Crippen molar-refractivity contribution in [3.63, 3.8) is 0 Å². The second kappa shape index (κ2) is 11.1. The summed E-state index contributed by atoms with van der Waals surface area (Å²) in [5.41, 5.74) is 5.20. The van der Waals surface area contributed by atoms with Gasteiger partial charge in [0.1, 0.15) is 5.92 Å². The number of rotatable bonds is 10. The Labute approximate surface area is 213 Å². The molecule has 0 aromatic heterocycles. The molecule has 188 valence electrons. The maximum atomic E-state index is 13.2. The molecule has 0 radical (unpaired) electrons. The molecule has 4 rings (SSSR count). The molecule has 1 aliphatic rings. The number of hydrogen-bond donors (Lipinski definition) is 2. The summed E-state index contributed by atoms with van der Waals surface area (Å²) in [6, 6.07) is 22.8. The van der Waals surface area contributed by atoms with Crippen molar-refractivity contribution in [2.75, 3.05) is 36.4 Å². The first-order valence-corrected chi connectivity index (χ1v) is 13.7. The molecule has 1 unspecified atom stereocenters. The number of fused-ring (bicyclic) bond motifs is 1. The average molecular weight is 505 g/mol.